The lowest BCUT2D eigenvalue weighted by Crippen LogP contribution is -2.44. The van der Waals surface area contributed by atoms with Gasteiger partial charge in [-0.15, -0.1) is 0 Å². The first kappa shape index (κ1) is 10.2. The van der Waals surface area contributed by atoms with Crippen LogP contribution in [-0.4, -0.2) is 16.2 Å². The smallest absolute Gasteiger partial charge is 0.226 e. The fourth-order valence-electron chi connectivity index (χ4n) is 1.86. The average Bonchev–Trinajstić information content (AvgIpc) is 2.04. The number of carbonyl (C=O) groups excluding carboxylic acids is 1. The molecule has 74 valence electrons. The highest BCUT2D eigenvalue weighted by atomic mass is 16.6. The van der Waals surface area contributed by atoms with Crippen LogP contribution in [0.4, 0.5) is 0 Å². The molecule has 0 aromatic heterocycles. The van der Waals surface area contributed by atoms with E-state index >= 15 is 0 Å². The van der Waals surface area contributed by atoms with Crippen LogP contribution >= 0.6 is 0 Å². The maximum atomic E-state index is 11.4. The second-order valence-electron chi connectivity index (χ2n) is 4.18. The number of hydrogen-bond donors (Lipinski definition) is 0. The zero-order valence-electron chi connectivity index (χ0n) is 8.08. The average molecular weight is 185 g/mol. The van der Waals surface area contributed by atoms with Crippen molar-refractivity contribution in [3.63, 3.8) is 0 Å². The van der Waals surface area contributed by atoms with E-state index in [1.807, 2.05) is 0 Å². The minimum Gasteiger partial charge on any atom is -0.299 e. The molecule has 0 bridgehead atoms. The zero-order chi connectivity index (χ0) is 10.1. The van der Waals surface area contributed by atoms with Gasteiger partial charge in [-0.05, 0) is 12.8 Å². The van der Waals surface area contributed by atoms with Crippen LogP contribution < -0.4 is 0 Å². The molecule has 0 N–H and O–H groups in total. The first-order valence-electron chi connectivity index (χ1n) is 4.63. The van der Waals surface area contributed by atoms with Gasteiger partial charge in [0.1, 0.15) is 5.78 Å². The van der Waals surface area contributed by atoms with Gasteiger partial charge in [0.25, 0.3) is 0 Å². The summed E-state index contributed by atoms with van der Waals surface area (Å²) in [6, 6.07) is 0. The summed E-state index contributed by atoms with van der Waals surface area (Å²) < 4.78 is 0. The first-order chi connectivity index (χ1) is 5.96. The van der Waals surface area contributed by atoms with E-state index in [4.69, 9.17) is 0 Å². The molecular weight excluding hydrogens is 170 g/mol. The molecule has 1 atom stereocenters. The molecule has 4 nitrogen and oxygen atoms in total. The number of Topliss-reactive ketones (excluding diaryl/α,β-unsaturated/α-hetero) is 1. The highest BCUT2D eigenvalue weighted by molar-refractivity contribution is 5.82. The van der Waals surface area contributed by atoms with Gasteiger partial charge >= 0.3 is 0 Å². The van der Waals surface area contributed by atoms with Crippen molar-refractivity contribution in [2.75, 3.05) is 0 Å². The predicted molar refractivity (Wildman–Crippen MR) is 48.0 cm³/mol. The molecule has 0 aromatic rings. The summed E-state index contributed by atoms with van der Waals surface area (Å²) in [6.07, 6.45) is 3.02. The topological polar surface area (TPSA) is 60.2 Å². The molecule has 0 aromatic carbocycles. The molecule has 0 amide bonds. The summed E-state index contributed by atoms with van der Waals surface area (Å²) in [5.74, 6) is -0.316. The minimum absolute atomic E-state index is 0.0629. The van der Waals surface area contributed by atoms with E-state index in [1.165, 1.54) is 0 Å². The standard InChI is InChI=1S/C9H15NO3/c1-9(2,10(12)13)7-5-3-4-6-8(7)11/h7H,3-6H2,1-2H3/t7-/m0/s1. The monoisotopic (exact) mass is 185 g/mol. The van der Waals surface area contributed by atoms with E-state index in [2.05, 4.69) is 0 Å². The van der Waals surface area contributed by atoms with Crippen LogP contribution in [0, 0.1) is 16.0 Å². The van der Waals surface area contributed by atoms with E-state index in [9.17, 15) is 14.9 Å². The number of nitro groups is 1. The number of ketones is 1. The van der Waals surface area contributed by atoms with E-state index in [-0.39, 0.29) is 16.6 Å². The molecular formula is C9H15NO3. The van der Waals surface area contributed by atoms with Crippen molar-refractivity contribution >= 4 is 5.78 Å². The molecule has 4 heteroatoms. The molecule has 1 rings (SSSR count). The van der Waals surface area contributed by atoms with Crippen molar-refractivity contribution in [2.45, 2.75) is 45.1 Å². The Balaban J connectivity index is 2.79. The van der Waals surface area contributed by atoms with Crippen LogP contribution in [0.1, 0.15) is 39.5 Å². The highest BCUT2D eigenvalue weighted by Gasteiger charge is 2.45. The van der Waals surface area contributed by atoms with Crippen LogP contribution in [0.15, 0.2) is 0 Å². The second-order valence-corrected chi connectivity index (χ2v) is 4.18. The molecule has 0 heterocycles. The van der Waals surface area contributed by atoms with Gasteiger partial charge in [0.2, 0.25) is 5.54 Å². The second kappa shape index (κ2) is 3.44. The van der Waals surface area contributed by atoms with E-state index in [0.29, 0.717) is 12.8 Å². The number of nitrogens with zero attached hydrogens (tertiary/aromatic N) is 1. The van der Waals surface area contributed by atoms with Gasteiger partial charge in [-0.3, -0.25) is 14.9 Å². The van der Waals surface area contributed by atoms with Crippen molar-refractivity contribution < 1.29 is 9.72 Å². The van der Waals surface area contributed by atoms with Crippen LogP contribution in [0.3, 0.4) is 0 Å². The summed E-state index contributed by atoms with van der Waals surface area (Å²) in [5, 5.41) is 10.7. The zero-order valence-corrected chi connectivity index (χ0v) is 8.08. The lowest BCUT2D eigenvalue weighted by Gasteiger charge is -2.28. The fraction of sp³-hybridized carbons (Fsp3) is 0.889. The van der Waals surface area contributed by atoms with Gasteiger partial charge in [0.15, 0.2) is 0 Å². The molecule has 1 aliphatic rings. The Morgan fingerprint density at radius 1 is 1.46 bits per heavy atom. The molecule has 1 saturated carbocycles. The maximum Gasteiger partial charge on any atom is 0.226 e. The minimum atomic E-state index is -1.09. The predicted octanol–water partition coefficient (Wildman–Crippen LogP) is 1.80. The summed E-state index contributed by atoms with van der Waals surface area (Å²) in [7, 11) is 0. The van der Waals surface area contributed by atoms with Crippen LogP contribution in [-0.2, 0) is 4.79 Å². The van der Waals surface area contributed by atoms with Gasteiger partial charge < -0.3 is 0 Å². The Bertz CT molecular complexity index is 235. The van der Waals surface area contributed by atoms with E-state index < -0.39 is 5.54 Å². The normalized spacial score (nSPS) is 24.5. The van der Waals surface area contributed by atoms with Crippen LogP contribution in [0.5, 0.6) is 0 Å². The maximum absolute atomic E-state index is 11.4. The van der Waals surface area contributed by atoms with E-state index in [1.54, 1.807) is 13.8 Å². The Morgan fingerprint density at radius 2 is 2.08 bits per heavy atom. The van der Waals surface area contributed by atoms with Gasteiger partial charge in [-0.25, -0.2) is 0 Å². The summed E-state index contributed by atoms with van der Waals surface area (Å²) in [6.45, 7) is 3.09. The third kappa shape index (κ3) is 1.87. The van der Waals surface area contributed by atoms with Gasteiger partial charge in [0.05, 0.1) is 5.92 Å². The molecule has 1 fully saturated rings. The number of carbonyl (C=O) groups is 1. The number of rotatable bonds is 2. The Hall–Kier alpha value is -0.930. The van der Waals surface area contributed by atoms with Crippen molar-refractivity contribution in [3.8, 4) is 0 Å². The third-order valence-corrected chi connectivity index (χ3v) is 2.88. The molecule has 0 aliphatic heterocycles. The van der Waals surface area contributed by atoms with Crippen molar-refractivity contribution in [1.29, 1.82) is 0 Å². The Morgan fingerprint density at radius 3 is 2.54 bits per heavy atom. The lowest BCUT2D eigenvalue weighted by molar-refractivity contribution is -0.568. The summed E-state index contributed by atoms with van der Waals surface area (Å²) in [4.78, 5) is 21.8. The molecule has 0 unspecified atom stereocenters. The lowest BCUT2D eigenvalue weighted by atomic mass is 9.76. The molecule has 1 aliphatic carbocycles. The van der Waals surface area contributed by atoms with Gasteiger partial charge in [-0.1, -0.05) is 6.42 Å². The van der Waals surface area contributed by atoms with Crippen molar-refractivity contribution in [2.24, 2.45) is 5.92 Å². The molecule has 13 heavy (non-hydrogen) atoms. The summed E-state index contributed by atoms with van der Waals surface area (Å²) in [5.41, 5.74) is -1.09. The van der Waals surface area contributed by atoms with Crippen molar-refractivity contribution in [1.82, 2.24) is 0 Å². The Labute approximate surface area is 77.5 Å². The fourth-order valence-corrected chi connectivity index (χ4v) is 1.86. The summed E-state index contributed by atoms with van der Waals surface area (Å²) >= 11 is 0. The largest absolute Gasteiger partial charge is 0.299 e. The molecule has 0 spiro atoms. The number of hydrogen-bond acceptors (Lipinski definition) is 3. The van der Waals surface area contributed by atoms with Crippen LogP contribution in [0.2, 0.25) is 0 Å². The van der Waals surface area contributed by atoms with Crippen LogP contribution in [0.25, 0.3) is 0 Å². The van der Waals surface area contributed by atoms with Gasteiger partial charge in [0, 0.05) is 25.2 Å². The third-order valence-electron chi connectivity index (χ3n) is 2.88. The van der Waals surface area contributed by atoms with Gasteiger partial charge in [-0.2, -0.15) is 0 Å². The highest BCUT2D eigenvalue weighted by Crippen LogP contribution is 2.31. The SMILES string of the molecule is CC(C)([C@H]1CCCCC1=O)[N+](=O)[O-]. The quantitative estimate of drug-likeness (QED) is 0.486. The van der Waals surface area contributed by atoms with E-state index in [0.717, 1.165) is 12.8 Å². The molecule has 0 saturated heterocycles. The Kier molecular flexibility index (Phi) is 2.68. The molecule has 0 radical (unpaired) electrons. The first-order valence-corrected chi connectivity index (χ1v) is 4.63. The van der Waals surface area contributed by atoms with Crippen molar-refractivity contribution in [3.05, 3.63) is 10.1 Å².